The van der Waals surface area contributed by atoms with Crippen LogP contribution in [-0.2, 0) is 17.6 Å². The molecule has 1 aliphatic rings. The number of amides is 1. The molecule has 3 rings (SSSR count). The van der Waals surface area contributed by atoms with Gasteiger partial charge in [-0.2, -0.15) is 0 Å². The standard InChI is InChI=1S/C23H30ClN3O3/c1-3-9-27(10-4-2)19(13-20(25)28)16-11-14(23(29)30)12-18-21(16)22(24)15-7-5-6-8-17(15)26-18/h11-12,19H,3-10,13H2,1-2H3,(H2,25,28)(H,29,30). The van der Waals surface area contributed by atoms with E-state index in [1.807, 2.05) is 0 Å². The molecule has 0 aliphatic heterocycles. The molecule has 0 fully saturated rings. The lowest BCUT2D eigenvalue weighted by molar-refractivity contribution is -0.119. The molecule has 162 valence electrons. The molecule has 0 saturated heterocycles. The molecule has 1 unspecified atom stereocenters. The molecule has 1 atom stereocenters. The average Bonchev–Trinajstić information content (AvgIpc) is 2.71. The van der Waals surface area contributed by atoms with Crippen molar-refractivity contribution in [2.75, 3.05) is 13.1 Å². The van der Waals surface area contributed by atoms with Crippen molar-refractivity contribution in [3.63, 3.8) is 0 Å². The van der Waals surface area contributed by atoms with Crippen molar-refractivity contribution in [3.8, 4) is 0 Å². The van der Waals surface area contributed by atoms with Gasteiger partial charge >= 0.3 is 5.97 Å². The number of halogens is 1. The molecule has 1 amide bonds. The van der Waals surface area contributed by atoms with Gasteiger partial charge in [0, 0.05) is 23.5 Å². The predicted molar refractivity (Wildman–Crippen MR) is 119 cm³/mol. The van der Waals surface area contributed by atoms with E-state index in [2.05, 4.69) is 18.7 Å². The number of carbonyl (C=O) groups is 2. The van der Waals surface area contributed by atoms with Gasteiger partial charge in [-0.1, -0.05) is 25.4 Å². The zero-order valence-corrected chi connectivity index (χ0v) is 18.5. The molecule has 2 aromatic rings. The first-order valence-corrected chi connectivity index (χ1v) is 11.2. The van der Waals surface area contributed by atoms with E-state index in [1.165, 1.54) is 0 Å². The number of hydrogen-bond donors (Lipinski definition) is 2. The summed E-state index contributed by atoms with van der Waals surface area (Å²) >= 11 is 6.91. The maximum Gasteiger partial charge on any atom is 0.335 e. The number of aromatic carboxylic acids is 1. The monoisotopic (exact) mass is 431 g/mol. The van der Waals surface area contributed by atoms with Crippen LogP contribution in [0.3, 0.4) is 0 Å². The SMILES string of the molecule is CCCN(CCC)C(CC(N)=O)c1cc(C(=O)O)cc2nc3c(c(Cl)c12)CCCC3. The molecule has 0 saturated carbocycles. The maximum absolute atomic E-state index is 12.0. The second-order valence-electron chi connectivity index (χ2n) is 8.05. The lowest BCUT2D eigenvalue weighted by Crippen LogP contribution is -2.33. The molecule has 0 radical (unpaired) electrons. The zero-order chi connectivity index (χ0) is 21.8. The van der Waals surface area contributed by atoms with Crippen LogP contribution in [-0.4, -0.2) is 40.0 Å². The Bertz CT molecular complexity index is 955. The zero-order valence-electron chi connectivity index (χ0n) is 17.7. The van der Waals surface area contributed by atoms with Crippen LogP contribution in [0, 0.1) is 0 Å². The highest BCUT2D eigenvalue weighted by Crippen LogP contribution is 2.39. The van der Waals surface area contributed by atoms with Crippen LogP contribution in [0.25, 0.3) is 10.9 Å². The topological polar surface area (TPSA) is 96.5 Å². The number of primary amides is 1. The van der Waals surface area contributed by atoms with Crippen molar-refractivity contribution < 1.29 is 14.7 Å². The summed E-state index contributed by atoms with van der Waals surface area (Å²) in [5.74, 6) is -1.45. The van der Waals surface area contributed by atoms with E-state index in [9.17, 15) is 14.7 Å². The van der Waals surface area contributed by atoms with E-state index in [0.29, 0.717) is 10.5 Å². The smallest absolute Gasteiger partial charge is 0.335 e. The minimum Gasteiger partial charge on any atom is -0.478 e. The first-order chi connectivity index (χ1) is 14.4. The number of benzene rings is 1. The van der Waals surface area contributed by atoms with E-state index in [-0.39, 0.29) is 18.0 Å². The van der Waals surface area contributed by atoms with Gasteiger partial charge in [0.2, 0.25) is 5.91 Å². The normalized spacial score (nSPS) is 14.7. The number of nitrogens with zero attached hydrogens (tertiary/aromatic N) is 2. The molecular formula is C23H30ClN3O3. The second kappa shape index (κ2) is 9.75. The Hall–Kier alpha value is -2.18. The molecule has 1 heterocycles. The van der Waals surface area contributed by atoms with Crippen molar-refractivity contribution in [2.24, 2.45) is 5.73 Å². The lowest BCUT2D eigenvalue weighted by atomic mass is 9.90. The highest BCUT2D eigenvalue weighted by molar-refractivity contribution is 6.36. The summed E-state index contributed by atoms with van der Waals surface area (Å²) in [6.45, 7) is 5.72. The van der Waals surface area contributed by atoms with Gasteiger partial charge in [0.05, 0.1) is 16.1 Å². The number of rotatable bonds is 9. The van der Waals surface area contributed by atoms with Gasteiger partial charge < -0.3 is 10.8 Å². The molecule has 1 aromatic carbocycles. The number of carboxylic acid groups (broad SMARTS) is 1. The molecule has 1 aromatic heterocycles. The summed E-state index contributed by atoms with van der Waals surface area (Å²) in [6.07, 6.45) is 5.75. The van der Waals surface area contributed by atoms with E-state index in [1.54, 1.807) is 12.1 Å². The van der Waals surface area contributed by atoms with Gasteiger partial charge in [0.15, 0.2) is 0 Å². The fourth-order valence-corrected chi connectivity index (χ4v) is 4.94. The first kappa shape index (κ1) is 22.5. The Kier molecular flexibility index (Phi) is 7.32. The maximum atomic E-state index is 12.0. The Labute approximate surface area is 182 Å². The Balaban J connectivity index is 2.31. The molecule has 30 heavy (non-hydrogen) atoms. The number of pyridine rings is 1. The Morgan fingerprint density at radius 2 is 1.87 bits per heavy atom. The van der Waals surface area contributed by atoms with Crippen molar-refractivity contribution in [2.45, 2.75) is 64.8 Å². The molecule has 0 bridgehead atoms. The van der Waals surface area contributed by atoms with Crippen LogP contribution in [0.1, 0.15) is 79.2 Å². The van der Waals surface area contributed by atoms with Gasteiger partial charge in [-0.25, -0.2) is 4.79 Å². The summed E-state index contributed by atoms with van der Waals surface area (Å²) in [6, 6.07) is 2.90. The van der Waals surface area contributed by atoms with Crippen molar-refractivity contribution in [3.05, 3.63) is 39.5 Å². The third-order valence-electron chi connectivity index (χ3n) is 5.79. The highest BCUT2D eigenvalue weighted by Gasteiger charge is 2.28. The van der Waals surface area contributed by atoms with Crippen LogP contribution in [0.4, 0.5) is 0 Å². The van der Waals surface area contributed by atoms with Crippen molar-refractivity contribution in [1.82, 2.24) is 9.88 Å². The van der Waals surface area contributed by atoms with Crippen molar-refractivity contribution >= 4 is 34.4 Å². The van der Waals surface area contributed by atoms with Gasteiger partial charge in [0.25, 0.3) is 0 Å². The van der Waals surface area contributed by atoms with Gasteiger partial charge in [0.1, 0.15) is 0 Å². The van der Waals surface area contributed by atoms with E-state index in [0.717, 1.165) is 73.8 Å². The molecule has 6 nitrogen and oxygen atoms in total. The van der Waals surface area contributed by atoms with Gasteiger partial charge in [-0.3, -0.25) is 14.7 Å². The summed E-state index contributed by atoms with van der Waals surface area (Å²) in [5.41, 5.74) is 9.09. The van der Waals surface area contributed by atoms with E-state index >= 15 is 0 Å². The molecule has 3 N–H and O–H groups in total. The first-order valence-electron chi connectivity index (χ1n) is 10.8. The van der Waals surface area contributed by atoms with Crippen LogP contribution < -0.4 is 5.73 Å². The highest BCUT2D eigenvalue weighted by atomic mass is 35.5. The van der Waals surface area contributed by atoms with Gasteiger partial charge in [-0.05, 0) is 74.9 Å². The molecular weight excluding hydrogens is 402 g/mol. The number of fused-ring (bicyclic) bond motifs is 2. The number of aromatic nitrogens is 1. The fourth-order valence-electron chi connectivity index (χ4n) is 4.53. The van der Waals surface area contributed by atoms with E-state index in [4.69, 9.17) is 22.3 Å². The number of aryl methyl sites for hydroxylation is 1. The minimum atomic E-state index is -1.02. The number of hydrogen-bond acceptors (Lipinski definition) is 4. The van der Waals surface area contributed by atoms with Crippen molar-refractivity contribution in [1.29, 1.82) is 0 Å². The van der Waals surface area contributed by atoms with E-state index < -0.39 is 11.9 Å². The van der Waals surface area contributed by atoms with Gasteiger partial charge in [-0.15, -0.1) is 0 Å². The largest absolute Gasteiger partial charge is 0.478 e. The quantitative estimate of drug-likeness (QED) is 0.609. The van der Waals surface area contributed by atoms with Crippen LogP contribution >= 0.6 is 11.6 Å². The average molecular weight is 432 g/mol. The molecule has 0 spiro atoms. The lowest BCUT2D eigenvalue weighted by Gasteiger charge is -2.32. The predicted octanol–water partition coefficient (Wildman–Crippen LogP) is 4.50. The Morgan fingerprint density at radius 3 is 2.47 bits per heavy atom. The fraction of sp³-hybridized carbons (Fsp3) is 0.522. The second-order valence-corrected chi connectivity index (χ2v) is 8.42. The van der Waals surface area contributed by atoms with Crippen LogP contribution in [0.5, 0.6) is 0 Å². The number of carbonyl (C=O) groups excluding carboxylic acids is 1. The summed E-state index contributed by atoms with van der Waals surface area (Å²) in [4.78, 5) is 30.9. The number of nitrogens with two attached hydrogens (primary N) is 1. The van der Waals surface area contributed by atoms with Crippen LogP contribution in [0.15, 0.2) is 12.1 Å². The summed E-state index contributed by atoms with van der Waals surface area (Å²) in [5, 5.41) is 11.1. The number of carboxylic acids is 1. The third kappa shape index (κ3) is 4.60. The molecule has 1 aliphatic carbocycles. The summed E-state index contributed by atoms with van der Waals surface area (Å²) < 4.78 is 0. The summed E-state index contributed by atoms with van der Waals surface area (Å²) in [7, 11) is 0. The van der Waals surface area contributed by atoms with Crippen LogP contribution in [0.2, 0.25) is 5.02 Å². The third-order valence-corrected chi connectivity index (χ3v) is 6.21. The molecule has 7 heteroatoms. The minimum absolute atomic E-state index is 0.103. The Morgan fingerprint density at radius 1 is 1.20 bits per heavy atom.